The van der Waals surface area contributed by atoms with Crippen molar-refractivity contribution < 1.29 is 27.1 Å². The maximum atomic E-state index is 14.1. The first-order valence-corrected chi connectivity index (χ1v) is 13.3. The molecule has 0 saturated carbocycles. The molecule has 2 aromatic carbocycles. The molecule has 40 heavy (non-hydrogen) atoms. The molecule has 3 aliphatic heterocycles. The Morgan fingerprint density at radius 2 is 1.88 bits per heavy atom. The summed E-state index contributed by atoms with van der Waals surface area (Å²) in [5.41, 5.74) is 0.905. The molecule has 1 amide bonds. The topological polar surface area (TPSA) is 79.7 Å². The Hall–Kier alpha value is -3.67. The lowest BCUT2D eigenvalue weighted by Gasteiger charge is -2.33. The number of hydrogen-bond acceptors (Lipinski definition) is 6. The molecular formula is C28H31F4N5O3. The standard InChI is InChI=1S/C28H31F4N5O3/c1-3-24(28(30,31)32)34-25(38)16-37-26(17-4-6-21(29)23(14-17)40-2)33-22-7-5-19(15-20(22)27(37)39)36-13-12-35-10-8-18(36)9-11-35/h4-7,14-15,18,24H,3,8-13,16H2,1-2H3,(H,34,38). The first-order chi connectivity index (χ1) is 19.1. The van der Waals surface area contributed by atoms with E-state index in [0.717, 1.165) is 55.3 Å². The zero-order valence-corrected chi connectivity index (χ0v) is 22.3. The Kier molecular flexibility index (Phi) is 7.72. The molecule has 2 bridgehead atoms. The second-order valence-corrected chi connectivity index (χ2v) is 10.2. The highest BCUT2D eigenvalue weighted by Crippen LogP contribution is 2.30. The zero-order valence-electron chi connectivity index (χ0n) is 22.3. The second kappa shape index (κ2) is 11.1. The molecule has 0 radical (unpaired) electrons. The number of carbonyl (C=O) groups is 1. The Labute approximate surface area is 228 Å². The molecular weight excluding hydrogens is 530 g/mol. The molecule has 6 rings (SSSR count). The van der Waals surface area contributed by atoms with Crippen molar-refractivity contribution in [1.82, 2.24) is 19.8 Å². The van der Waals surface area contributed by atoms with Gasteiger partial charge in [0.05, 0.1) is 18.0 Å². The third-order valence-electron chi connectivity index (χ3n) is 7.77. The van der Waals surface area contributed by atoms with Crippen molar-refractivity contribution in [3.8, 4) is 17.1 Å². The van der Waals surface area contributed by atoms with Crippen molar-refractivity contribution in [2.24, 2.45) is 0 Å². The largest absolute Gasteiger partial charge is 0.494 e. The number of nitrogens with one attached hydrogen (secondary N) is 1. The van der Waals surface area contributed by atoms with E-state index in [4.69, 9.17) is 4.74 Å². The molecule has 8 nitrogen and oxygen atoms in total. The Morgan fingerprint density at radius 3 is 2.55 bits per heavy atom. The van der Waals surface area contributed by atoms with Crippen LogP contribution in [0.3, 0.4) is 0 Å². The van der Waals surface area contributed by atoms with Gasteiger partial charge < -0.3 is 19.9 Å². The van der Waals surface area contributed by atoms with Gasteiger partial charge in [0, 0.05) is 43.5 Å². The first-order valence-electron chi connectivity index (χ1n) is 13.3. The summed E-state index contributed by atoms with van der Waals surface area (Å²) in [6, 6.07) is 7.52. The van der Waals surface area contributed by atoms with Crippen molar-refractivity contribution in [2.45, 2.75) is 51.0 Å². The monoisotopic (exact) mass is 561 g/mol. The summed E-state index contributed by atoms with van der Waals surface area (Å²) in [5, 5.41) is 2.22. The maximum absolute atomic E-state index is 14.1. The molecule has 0 aliphatic carbocycles. The van der Waals surface area contributed by atoms with Gasteiger partial charge >= 0.3 is 6.18 Å². The number of rotatable bonds is 7. The van der Waals surface area contributed by atoms with Crippen molar-refractivity contribution in [3.63, 3.8) is 0 Å². The third kappa shape index (κ3) is 5.49. The number of amides is 1. The Morgan fingerprint density at radius 1 is 1.12 bits per heavy atom. The van der Waals surface area contributed by atoms with Gasteiger partial charge in [-0.05, 0) is 55.7 Å². The number of fused-ring (bicyclic) bond motifs is 5. The number of hydrogen-bond donors (Lipinski definition) is 1. The van der Waals surface area contributed by atoms with Crippen LogP contribution in [0, 0.1) is 5.82 Å². The minimum atomic E-state index is -4.64. The van der Waals surface area contributed by atoms with Crippen LogP contribution in [0.2, 0.25) is 0 Å². The minimum Gasteiger partial charge on any atom is -0.494 e. The SMILES string of the molecule is CCC(NC(=O)Cn1c(-c2ccc(F)c(OC)c2)nc2ccc(N3CCN4CCC3CC4)cc2c1=O)C(F)(F)F. The normalized spacial score (nSPS) is 19.9. The quantitative estimate of drug-likeness (QED) is 0.440. The summed E-state index contributed by atoms with van der Waals surface area (Å²) in [4.78, 5) is 36.0. The predicted molar refractivity (Wildman–Crippen MR) is 143 cm³/mol. The predicted octanol–water partition coefficient (Wildman–Crippen LogP) is 3.95. The average Bonchev–Trinajstić information content (AvgIpc) is 3.27. The van der Waals surface area contributed by atoms with Gasteiger partial charge in [-0.25, -0.2) is 9.37 Å². The van der Waals surface area contributed by atoms with Gasteiger partial charge in [-0.15, -0.1) is 0 Å². The van der Waals surface area contributed by atoms with Crippen molar-refractivity contribution in [2.75, 3.05) is 38.2 Å². The lowest BCUT2D eigenvalue weighted by Crippen LogP contribution is -2.46. The van der Waals surface area contributed by atoms with Crippen LogP contribution >= 0.6 is 0 Å². The number of aromatic nitrogens is 2. The summed E-state index contributed by atoms with van der Waals surface area (Å²) >= 11 is 0. The minimum absolute atomic E-state index is 0.0139. The Bertz CT molecular complexity index is 1470. The van der Waals surface area contributed by atoms with Gasteiger partial charge in [-0.1, -0.05) is 6.92 Å². The molecule has 4 heterocycles. The molecule has 3 aliphatic rings. The van der Waals surface area contributed by atoms with Crippen molar-refractivity contribution in [3.05, 3.63) is 52.6 Å². The zero-order chi connectivity index (χ0) is 28.6. The molecule has 1 N–H and O–H groups in total. The van der Waals surface area contributed by atoms with Crippen LogP contribution in [-0.4, -0.2) is 71.9 Å². The number of piperidine rings is 1. The fraction of sp³-hybridized carbons (Fsp3) is 0.464. The molecule has 1 unspecified atom stereocenters. The van der Waals surface area contributed by atoms with Crippen LogP contribution in [0.15, 0.2) is 41.2 Å². The highest BCUT2D eigenvalue weighted by Gasteiger charge is 2.39. The van der Waals surface area contributed by atoms with E-state index in [0.29, 0.717) is 11.6 Å². The number of halogens is 4. The summed E-state index contributed by atoms with van der Waals surface area (Å²) in [6.07, 6.45) is -2.96. The molecule has 1 atom stereocenters. The van der Waals surface area contributed by atoms with E-state index in [1.807, 2.05) is 11.4 Å². The van der Waals surface area contributed by atoms with Crippen LogP contribution in [0.4, 0.5) is 23.2 Å². The number of alkyl halides is 3. The van der Waals surface area contributed by atoms with E-state index in [-0.39, 0.29) is 28.9 Å². The van der Waals surface area contributed by atoms with Crippen LogP contribution in [0.1, 0.15) is 26.2 Å². The van der Waals surface area contributed by atoms with Crippen molar-refractivity contribution in [1.29, 1.82) is 0 Å². The van der Waals surface area contributed by atoms with E-state index in [9.17, 15) is 27.2 Å². The molecule has 1 aromatic heterocycles. The summed E-state index contributed by atoms with van der Waals surface area (Å²) in [7, 11) is 1.28. The fourth-order valence-electron chi connectivity index (χ4n) is 5.58. The van der Waals surface area contributed by atoms with Gasteiger partial charge in [0.25, 0.3) is 5.56 Å². The number of carbonyl (C=O) groups excluding carboxylic acids is 1. The van der Waals surface area contributed by atoms with Crippen LogP contribution in [0.25, 0.3) is 22.3 Å². The fourth-order valence-corrected chi connectivity index (χ4v) is 5.58. The van der Waals surface area contributed by atoms with E-state index in [1.165, 1.54) is 26.2 Å². The Balaban J connectivity index is 1.60. The number of ether oxygens (including phenoxy) is 1. The van der Waals surface area contributed by atoms with Crippen molar-refractivity contribution >= 4 is 22.5 Å². The van der Waals surface area contributed by atoms with E-state index >= 15 is 0 Å². The molecule has 0 spiro atoms. The number of methoxy groups -OCH3 is 1. The highest BCUT2D eigenvalue weighted by molar-refractivity contribution is 5.85. The summed E-state index contributed by atoms with van der Waals surface area (Å²) < 4.78 is 60.2. The number of benzene rings is 2. The maximum Gasteiger partial charge on any atom is 0.408 e. The molecule has 3 saturated heterocycles. The second-order valence-electron chi connectivity index (χ2n) is 10.2. The van der Waals surface area contributed by atoms with Gasteiger partial charge in [-0.3, -0.25) is 14.2 Å². The van der Waals surface area contributed by atoms with E-state index < -0.39 is 36.0 Å². The van der Waals surface area contributed by atoms with Gasteiger partial charge in [-0.2, -0.15) is 13.2 Å². The molecule has 3 fully saturated rings. The first kappa shape index (κ1) is 27.9. The lowest BCUT2D eigenvalue weighted by atomic mass is 10.0. The van der Waals surface area contributed by atoms with Gasteiger partial charge in [0.1, 0.15) is 18.4 Å². The van der Waals surface area contributed by atoms with Crippen LogP contribution in [-0.2, 0) is 11.3 Å². The van der Waals surface area contributed by atoms with Crippen LogP contribution in [0.5, 0.6) is 5.75 Å². The molecule has 12 heteroatoms. The third-order valence-corrected chi connectivity index (χ3v) is 7.77. The number of anilines is 1. The summed E-state index contributed by atoms with van der Waals surface area (Å²) in [5.74, 6) is -1.72. The lowest BCUT2D eigenvalue weighted by molar-refractivity contribution is -0.162. The van der Waals surface area contributed by atoms with Gasteiger partial charge in [0.2, 0.25) is 5.91 Å². The summed E-state index contributed by atoms with van der Waals surface area (Å²) in [6.45, 7) is 4.39. The number of nitrogens with zero attached hydrogens (tertiary/aromatic N) is 4. The molecule has 214 valence electrons. The molecule has 3 aromatic rings. The van der Waals surface area contributed by atoms with E-state index in [2.05, 4.69) is 14.8 Å². The van der Waals surface area contributed by atoms with Gasteiger partial charge in [0.15, 0.2) is 11.6 Å². The smallest absolute Gasteiger partial charge is 0.408 e. The average molecular weight is 562 g/mol. The highest BCUT2D eigenvalue weighted by atomic mass is 19.4. The van der Waals surface area contributed by atoms with Crippen LogP contribution < -0.4 is 20.5 Å². The van der Waals surface area contributed by atoms with E-state index in [1.54, 1.807) is 12.1 Å².